The second-order valence-electron chi connectivity index (χ2n) is 3.50. The van der Waals surface area contributed by atoms with Crippen LogP contribution in [0.1, 0.15) is 0 Å². The van der Waals surface area contributed by atoms with Gasteiger partial charge in [-0.3, -0.25) is 4.79 Å². The average molecular weight is 247 g/mol. The quantitative estimate of drug-likeness (QED) is 0.454. The van der Waals surface area contributed by atoms with Crippen molar-refractivity contribution < 1.29 is 9.53 Å². The highest BCUT2D eigenvalue weighted by Gasteiger charge is 2.03. The van der Waals surface area contributed by atoms with Gasteiger partial charge in [-0.2, -0.15) is 9.89 Å². The van der Waals surface area contributed by atoms with Crippen LogP contribution in [0, 0.1) is 0 Å². The van der Waals surface area contributed by atoms with Crippen molar-refractivity contribution in [2.45, 2.75) is 0 Å². The Morgan fingerprint density at radius 2 is 2.33 bits per heavy atom. The second kappa shape index (κ2) is 5.17. The minimum absolute atomic E-state index is 0.0919. The lowest BCUT2D eigenvalue weighted by atomic mass is 10.3. The molecule has 0 saturated carbocycles. The van der Waals surface area contributed by atoms with E-state index in [2.05, 4.69) is 20.3 Å². The molecule has 0 amide bonds. The van der Waals surface area contributed by atoms with Gasteiger partial charge in [0.1, 0.15) is 6.54 Å². The Kier molecular flexibility index (Phi) is 3.42. The summed E-state index contributed by atoms with van der Waals surface area (Å²) in [7, 11) is 1.29. The van der Waals surface area contributed by atoms with E-state index in [0.717, 1.165) is 10.9 Å². The van der Waals surface area contributed by atoms with Crippen molar-refractivity contribution >= 4 is 22.8 Å². The van der Waals surface area contributed by atoms with Crippen LogP contribution in [0.4, 0.5) is 0 Å². The molecular weight excluding hydrogens is 234 g/mol. The lowest BCUT2D eigenvalue weighted by molar-refractivity contribution is -0.138. The highest BCUT2D eigenvalue weighted by molar-refractivity contribution is 5.89. The number of aromatic nitrogens is 2. The third-order valence-corrected chi connectivity index (χ3v) is 2.30. The first-order valence-corrected chi connectivity index (χ1v) is 5.27. The zero-order chi connectivity index (χ0) is 13.0. The van der Waals surface area contributed by atoms with E-state index >= 15 is 0 Å². The normalized spacial score (nSPS) is 11.5. The van der Waals surface area contributed by atoms with Crippen LogP contribution >= 0.6 is 0 Å². The second-order valence-corrected chi connectivity index (χ2v) is 3.50. The van der Waals surface area contributed by atoms with E-state index in [4.69, 9.17) is 5.73 Å². The number of hydrogen-bond acceptors (Lipinski definition) is 4. The summed E-state index contributed by atoms with van der Waals surface area (Å²) >= 11 is 0. The summed E-state index contributed by atoms with van der Waals surface area (Å²) in [6.45, 7) is -0.130. The van der Waals surface area contributed by atoms with Crippen LogP contribution in [0.3, 0.4) is 0 Å². The SMILES string of the molecule is COC(=O)CN=C(N)Nn1ncc2ccccc21. The molecule has 1 heterocycles. The number of esters is 1. The first-order chi connectivity index (χ1) is 8.70. The van der Waals surface area contributed by atoms with E-state index in [-0.39, 0.29) is 12.5 Å². The Hall–Kier alpha value is -2.57. The summed E-state index contributed by atoms with van der Waals surface area (Å²) in [4.78, 5) is 16.2. The van der Waals surface area contributed by atoms with E-state index in [1.54, 1.807) is 6.20 Å². The van der Waals surface area contributed by atoms with E-state index in [9.17, 15) is 4.79 Å². The average Bonchev–Trinajstić information content (AvgIpc) is 2.79. The maximum Gasteiger partial charge on any atom is 0.327 e. The number of methoxy groups -OCH3 is 1. The number of nitrogens with one attached hydrogen (secondary N) is 1. The van der Waals surface area contributed by atoms with Gasteiger partial charge in [-0.1, -0.05) is 18.2 Å². The number of nitrogens with zero attached hydrogens (tertiary/aromatic N) is 3. The number of para-hydroxylation sites is 1. The molecule has 18 heavy (non-hydrogen) atoms. The Balaban J connectivity index is 2.11. The fourth-order valence-corrected chi connectivity index (χ4v) is 1.42. The van der Waals surface area contributed by atoms with Crippen molar-refractivity contribution in [1.82, 2.24) is 9.89 Å². The molecule has 2 rings (SSSR count). The topological polar surface area (TPSA) is 94.5 Å². The maximum absolute atomic E-state index is 10.9. The zero-order valence-corrected chi connectivity index (χ0v) is 9.83. The van der Waals surface area contributed by atoms with Gasteiger partial charge in [0.25, 0.3) is 0 Å². The number of guanidine groups is 1. The summed E-state index contributed by atoms with van der Waals surface area (Å²) in [5.74, 6) is -0.362. The largest absolute Gasteiger partial charge is 0.468 e. The van der Waals surface area contributed by atoms with Gasteiger partial charge in [0, 0.05) is 5.39 Å². The number of rotatable bonds is 3. The van der Waals surface area contributed by atoms with Crippen LogP contribution in [0.25, 0.3) is 10.9 Å². The lowest BCUT2D eigenvalue weighted by Crippen LogP contribution is -2.31. The van der Waals surface area contributed by atoms with Crippen LogP contribution in [-0.4, -0.2) is 35.5 Å². The summed E-state index contributed by atoms with van der Waals surface area (Å²) in [6, 6.07) is 7.64. The van der Waals surface area contributed by atoms with Gasteiger partial charge in [-0.05, 0) is 6.07 Å². The Labute approximate surface area is 103 Å². The Morgan fingerprint density at radius 1 is 1.56 bits per heavy atom. The third-order valence-electron chi connectivity index (χ3n) is 2.30. The summed E-state index contributed by atoms with van der Waals surface area (Å²) < 4.78 is 4.45. The van der Waals surface area contributed by atoms with Gasteiger partial charge in [-0.25, -0.2) is 10.4 Å². The molecule has 1 aromatic carbocycles. The minimum Gasteiger partial charge on any atom is -0.468 e. The molecule has 0 aliphatic heterocycles. The Bertz CT molecular complexity index is 590. The van der Waals surface area contributed by atoms with Crippen molar-refractivity contribution in [2.24, 2.45) is 10.7 Å². The smallest absolute Gasteiger partial charge is 0.327 e. The summed E-state index contributed by atoms with van der Waals surface area (Å²) in [5.41, 5.74) is 9.27. The fourth-order valence-electron chi connectivity index (χ4n) is 1.42. The monoisotopic (exact) mass is 247 g/mol. The molecule has 0 fully saturated rings. The van der Waals surface area contributed by atoms with Crippen molar-refractivity contribution in [3.8, 4) is 0 Å². The first kappa shape index (κ1) is 11.9. The highest BCUT2D eigenvalue weighted by atomic mass is 16.5. The van der Waals surface area contributed by atoms with Gasteiger partial charge in [0.2, 0.25) is 5.96 Å². The molecular formula is C11H13N5O2. The van der Waals surface area contributed by atoms with E-state index < -0.39 is 5.97 Å². The van der Waals surface area contributed by atoms with Crippen molar-refractivity contribution in [3.63, 3.8) is 0 Å². The molecule has 2 aromatic rings. The molecule has 1 aromatic heterocycles. The van der Waals surface area contributed by atoms with Crippen LogP contribution in [-0.2, 0) is 9.53 Å². The summed E-state index contributed by atoms with van der Waals surface area (Å²) in [6.07, 6.45) is 1.70. The van der Waals surface area contributed by atoms with Crippen molar-refractivity contribution in [1.29, 1.82) is 0 Å². The molecule has 7 nitrogen and oxygen atoms in total. The van der Waals surface area contributed by atoms with E-state index in [1.807, 2.05) is 24.3 Å². The molecule has 0 saturated heterocycles. The number of nitrogens with two attached hydrogens (primary N) is 1. The number of fused-ring (bicyclic) bond motifs is 1. The molecule has 94 valence electrons. The predicted octanol–water partition coefficient (Wildman–Crippen LogP) is 0.0675. The number of carbonyl (C=O) groups is 1. The molecule has 0 unspecified atom stereocenters. The molecule has 7 heteroatoms. The minimum atomic E-state index is -0.454. The van der Waals surface area contributed by atoms with Gasteiger partial charge in [0.15, 0.2) is 0 Å². The van der Waals surface area contributed by atoms with E-state index in [0.29, 0.717) is 0 Å². The molecule has 0 atom stereocenters. The summed E-state index contributed by atoms with van der Waals surface area (Å²) in [5, 5.41) is 5.09. The first-order valence-electron chi connectivity index (χ1n) is 5.27. The highest BCUT2D eigenvalue weighted by Crippen LogP contribution is 2.10. The van der Waals surface area contributed by atoms with Gasteiger partial charge >= 0.3 is 5.97 Å². The molecule has 0 aliphatic rings. The lowest BCUT2D eigenvalue weighted by Gasteiger charge is -2.06. The predicted molar refractivity (Wildman–Crippen MR) is 67.6 cm³/mol. The van der Waals surface area contributed by atoms with Crippen LogP contribution in [0.5, 0.6) is 0 Å². The number of ether oxygens (including phenoxy) is 1. The number of benzene rings is 1. The van der Waals surface area contributed by atoms with Gasteiger partial charge < -0.3 is 10.5 Å². The third kappa shape index (κ3) is 2.57. The van der Waals surface area contributed by atoms with Crippen molar-refractivity contribution in [2.75, 3.05) is 19.1 Å². The number of aliphatic imine (C=N–C) groups is 1. The fraction of sp³-hybridized carbons (Fsp3) is 0.182. The van der Waals surface area contributed by atoms with E-state index in [1.165, 1.54) is 11.9 Å². The van der Waals surface area contributed by atoms with Gasteiger partial charge in [-0.15, -0.1) is 0 Å². The maximum atomic E-state index is 10.9. The molecule has 0 bridgehead atoms. The zero-order valence-electron chi connectivity index (χ0n) is 9.83. The van der Waals surface area contributed by atoms with Crippen LogP contribution in [0.15, 0.2) is 35.5 Å². The van der Waals surface area contributed by atoms with Crippen molar-refractivity contribution in [3.05, 3.63) is 30.5 Å². The number of carbonyl (C=O) groups excluding carboxylic acids is 1. The molecule has 0 radical (unpaired) electrons. The van der Waals surface area contributed by atoms with Crippen LogP contribution in [0.2, 0.25) is 0 Å². The molecule has 3 N–H and O–H groups in total. The standard InChI is InChI=1S/C11H13N5O2/c1-18-10(17)7-13-11(12)15-16-9-5-3-2-4-8(9)6-14-16/h2-6H,7H2,1H3,(H3,12,13,15). The van der Waals surface area contributed by atoms with Crippen LogP contribution < -0.4 is 11.2 Å². The van der Waals surface area contributed by atoms with Gasteiger partial charge in [0.05, 0.1) is 18.8 Å². The Morgan fingerprint density at radius 3 is 3.11 bits per heavy atom. The molecule has 0 aliphatic carbocycles. The molecule has 0 spiro atoms. The number of hydrogen-bond donors (Lipinski definition) is 2.